The Morgan fingerprint density at radius 2 is 2.11 bits per heavy atom. The molecule has 0 spiro atoms. The molecule has 0 fully saturated rings. The molecule has 1 rings (SSSR count). The third-order valence-corrected chi connectivity index (χ3v) is 4.70. The number of aliphatic hydroxyl groups excluding tert-OH is 1. The van der Waals surface area contributed by atoms with Crippen LogP contribution in [0, 0.1) is 11.7 Å². The minimum absolute atomic E-state index is 0.0468. The fourth-order valence-corrected chi connectivity index (χ4v) is 2.76. The number of nitrogens with one attached hydrogen (secondary N) is 1. The van der Waals surface area contributed by atoms with Crippen molar-refractivity contribution in [3.63, 3.8) is 0 Å². The van der Waals surface area contributed by atoms with Crippen LogP contribution in [0.3, 0.4) is 0 Å². The highest BCUT2D eigenvalue weighted by Crippen LogP contribution is 2.24. The second-order valence-corrected chi connectivity index (χ2v) is 6.55. The van der Waals surface area contributed by atoms with Crippen molar-refractivity contribution in [3.8, 4) is 0 Å². The van der Waals surface area contributed by atoms with E-state index in [1.165, 1.54) is 6.07 Å². The average Bonchev–Trinajstić information content (AvgIpc) is 2.38. The van der Waals surface area contributed by atoms with Crippen LogP contribution in [0.15, 0.2) is 17.0 Å². The highest BCUT2D eigenvalue weighted by molar-refractivity contribution is 7.89. The summed E-state index contributed by atoms with van der Waals surface area (Å²) in [5.41, 5.74) is 0.0468. The van der Waals surface area contributed by atoms with Crippen molar-refractivity contribution in [3.05, 3.63) is 28.5 Å². The van der Waals surface area contributed by atoms with Gasteiger partial charge in [-0.05, 0) is 18.1 Å². The Bertz CT molecular complexity index is 548. The number of sulfonamides is 1. The van der Waals surface area contributed by atoms with Crippen LogP contribution in [-0.4, -0.2) is 20.1 Å². The zero-order chi connectivity index (χ0) is 14.6. The molecule has 0 radical (unpaired) electrons. The molecule has 19 heavy (non-hydrogen) atoms. The maximum atomic E-state index is 13.5. The Balaban J connectivity index is 3.05. The SMILES string of the molecule is CCC(C)CNS(=O)(=O)c1cc(F)c(Cl)c(CO)c1. The van der Waals surface area contributed by atoms with Gasteiger partial charge in [0.2, 0.25) is 10.0 Å². The molecule has 0 bridgehead atoms. The predicted molar refractivity (Wildman–Crippen MR) is 72.0 cm³/mol. The van der Waals surface area contributed by atoms with Gasteiger partial charge < -0.3 is 5.11 Å². The minimum Gasteiger partial charge on any atom is -0.392 e. The van der Waals surface area contributed by atoms with E-state index in [2.05, 4.69) is 4.72 Å². The number of aliphatic hydroxyl groups is 1. The van der Waals surface area contributed by atoms with Gasteiger partial charge in [-0.1, -0.05) is 31.9 Å². The van der Waals surface area contributed by atoms with Gasteiger partial charge in [0, 0.05) is 12.1 Å². The predicted octanol–water partition coefficient (Wildman–Crippen LogP) is 2.30. The molecule has 1 aromatic carbocycles. The molecule has 0 aliphatic rings. The maximum absolute atomic E-state index is 13.5. The molecule has 0 aromatic heterocycles. The van der Waals surface area contributed by atoms with Crippen molar-refractivity contribution >= 4 is 21.6 Å². The van der Waals surface area contributed by atoms with Crippen LogP contribution in [0.5, 0.6) is 0 Å². The molecule has 1 atom stereocenters. The first-order chi connectivity index (χ1) is 8.81. The highest BCUT2D eigenvalue weighted by atomic mass is 35.5. The summed E-state index contributed by atoms with van der Waals surface area (Å²) < 4.78 is 39.9. The van der Waals surface area contributed by atoms with E-state index in [0.29, 0.717) is 0 Å². The first-order valence-corrected chi connectivity index (χ1v) is 7.76. The normalized spacial score (nSPS) is 13.5. The lowest BCUT2D eigenvalue weighted by Crippen LogP contribution is -2.28. The van der Waals surface area contributed by atoms with E-state index in [4.69, 9.17) is 16.7 Å². The number of hydrogen-bond acceptors (Lipinski definition) is 3. The lowest BCUT2D eigenvalue weighted by Gasteiger charge is -2.12. The van der Waals surface area contributed by atoms with Crippen LogP contribution in [-0.2, 0) is 16.6 Å². The molecule has 2 N–H and O–H groups in total. The van der Waals surface area contributed by atoms with Crippen LogP contribution in [0.2, 0.25) is 5.02 Å². The van der Waals surface area contributed by atoms with Gasteiger partial charge in [-0.3, -0.25) is 0 Å². The molecule has 0 heterocycles. The third-order valence-electron chi connectivity index (χ3n) is 2.88. The summed E-state index contributed by atoms with van der Waals surface area (Å²) in [5.74, 6) is -0.679. The fourth-order valence-electron chi connectivity index (χ4n) is 1.37. The molecule has 1 unspecified atom stereocenters. The zero-order valence-electron chi connectivity index (χ0n) is 10.8. The van der Waals surface area contributed by atoms with Gasteiger partial charge in [-0.25, -0.2) is 17.5 Å². The molecule has 1 aromatic rings. The summed E-state index contributed by atoms with van der Waals surface area (Å²) in [4.78, 5) is -0.234. The first-order valence-electron chi connectivity index (χ1n) is 5.90. The van der Waals surface area contributed by atoms with Crippen LogP contribution in [0.4, 0.5) is 4.39 Å². The van der Waals surface area contributed by atoms with Gasteiger partial charge in [-0.2, -0.15) is 0 Å². The van der Waals surface area contributed by atoms with E-state index < -0.39 is 22.4 Å². The molecule has 108 valence electrons. The van der Waals surface area contributed by atoms with E-state index in [1.54, 1.807) is 0 Å². The van der Waals surface area contributed by atoms with Crippen LogP contribution in [0.1, 0.15) is 25.8 Å². The molecular weight excluding hydrogens is 293 g/mol. The minimum atomic E-state index is -3.80. The third kappa shape index (κ3) is 4.14. The molecular formula is C12H17ClFNO3S. The largest absolute Gasteiger partial charge is 0.392 e. The number of hydrogen-bond donors (Lipinski definition) is 2. The standard InChI is InChI=1S/C12H17ClFNO3S/c1-3-8(2)6-15-19(17,18)10-4-9(7-16)12(13)11(14)5-10/h4-5,8,15-16H,3,6-7H2,1-2H3. The van der Waals surface area contributed by atoms with Crippen molar-refractivity contribution in [2.75, 3.05) is 6.54 Å². The van der Waals surface area contributed by atoms with Crippen LogP contribution in [0.25, 0.3) is 0 Å². The lowest BCUT2D eigenvalue weighted by molar-refractivity contribution is 0.281. The molecule has 4 nitrogen and oxygen atoms in total. The Kier molecular flexibility index (Phi) is 5.73. The summed E-state index contributed by atoms with van der Waals surface area (Å²) in [6.07, 6.45) is 0.833. The number of rotatable bonds is 6. The van der Waals surface area contributed by atoms with Crippen molar-refractivity contribution < 1.29 is 17.9 Å². The van der Waals surface area contributed by atoms with Crippen molar-refractivity contribution in [1.29, 1.82) is 0 Å². The van der Waals surface area contributed by atoms with Crippen molar-refractivity contribution in [2.24, 2.45) is 5.92 Å². The van der Waals surface area contributed by atoms with Gasteiger partial charge in [0.15, 0.2) is 0 Å². The summed E-state index contributed by atoms with van der Waals surface area (Å²) >= 11 is 5.62. The second kappa shape index (κ2) is 6.65. The molecule has 0 aliphatic carbocycles. The van der Waals surface area contributed by atoms with Crippen molar-refractivity contribution in [1.82, 2.24) is 4.72 Å². The molecule has 0 aliphatic heterocycles. The summed E-state index contributed by atoms with van der Waals surface area (Å²) in [6.45, 7) is 3.61. The molecule has 0 saturated heterocycles. The van der Waals surface area contributed by atoms with Gasteiger partial charge >= 0.3 is 0 Å². The Labute approximate surface area is 117 Å². The lowest BCUT2D eigenvalue weighted by atomic mass is 10.1. The average molecular weight is 310 g/mol. The van der Waals surface area contributed by atoms with E-state index in [1.807, 2.05) is 13.8 Å². The van der Waals surface area contributed by atoms with E-state index >= 15 is 0 Å². The van der Waals surface area contributed by atoms with E-state index in [9.17, 15) is 12.8 Å². The Morgan fingerprint density at radius 3 is 2.63 bits per heavy atom. The maximum Gasteiger partial charge on any atom is 0.240 e. The van der Waals surface area contributed by atoms with Gasteiger partial charge in [-0.15, -0.1) is 0 Å². The van der Waals surface area contributed by atoms with E-state index in [-0.39, 0.29) is 27.9 Å². The van der Waals surface area contributed by atoms with Crippen LogP contribution >= 0.6 is 11.6 Å². The van der Waals surface area contributed by atoms with Crippen LogP contribution < -0.4 is 4.72 Å². The molecule has 7 heteroatoms. The Morgan fingerprint density at radius 1 is 1.47 bits per heavy atom. The number of halogens is 2. The quantitative estimate of drug-likeness (QED) is 0.847. The second-order valence-electron chi connectivity index (χ2n) is 4.40. The topological polar surface area (TPSA) is 66.4 Å². The monoisotopic (exact) mass is 309 g/mol. The highest BCUT2D eigenvalue weighted by Gasteiger charge is 2.19. The molecule has 0 saturated carbocycles. The van der Waals surface area contributed by atoms with Gasteiger partial charge in [0.05, 0.1) is 16.5 Å². The van der Waals surface area contributed by atoms with E-state index in [0.717, 1.165) is 12.5 Å². The van der Waals surface area contributed by atoms with Crippen molar-refractivity contribution in [2.45, 2.75) is 31.8 Å². The first kappa shape index (κ1) is 16.4. The Hall–Kier alpha value is -0.690. The summed E-state index contributed by atoms with van der Waals surface area (Å²) in [5, 5.41) is 8.76. The summed E-state index contributed by atoms with van der Waals surface area (Å²) in [7, 11) is -3.80. The fraction of sp³-hybridized carbons (Fsp3) is 0.500. The van der Waals surface area contributed by atoms with Gasteiger partial charge in [0.25, 0.3) is 0 Å². The summed E-state index contributed by atoms with van der Waals surface area (Å²) in [6, 6.07) is 2.02. The number of benzene rings is 1. The molecule has 0 amide bonds. The zero-order valence-corrected chi connectivity index (χ0v) is 12.4. The smallest absolute Gasteiger partial charge is 0.240 e. The van der Waals surface area contributed by atoms with Gasteiger partial charge in [0.1, 0.15) is 5.82 Å².